The molecule has 1 aromatic heterocycles. The summed E-state index contributed by atoms with van der Waals surface area (Å²) in [5.41, 5.74) is 2.47. The van der Waals surface area contributed by atoms with Crippen molar-refractivity contribution in [3.8, 4) is 6.07 Å². The summed E-state index contributed by atoms with van der Waals surface area (Å²) in [6, 6.07) is 1.75. The highest BCUT2D eigenvalue weighted by Gasteiger charge is 2.18. The van der Waals surface area contributed by atoms with Gasteiger partial charge in [-0.25, -0.2) is 4.98 Å². The molecule has 0 bridgehead atoms. The van der Waals surface area contributed by atoms with E-state index in [0.29, 0.717) is 0 Å². The SMILES string of the molecule is Cc1ncsc1C[C@@H](C#N)C(=O)O. The standard InChI is InChI=1S/C8H8N2O2S/c1-5-7(13-4-10-5)2-6(3-9)8(11)12/h4,6H,2H2,1H3,(H,11,12)/t6-/m0/s1. The predicted molar refractivity (Wildman–Crippen MR) is 47.3 cm³/mol. The van der Waals surface area contributed by atoms with E-state index in [0.717, 1.165) is 10.6 Å². The van der Waals surface area contributed by atoms with Gasteiger partial charge in [0, 0.05) is 11.3 Å². The van der Waals surface area contributed by atoms with Crippen LogP contribution in [0.4, 0.5) is 0 Å². The second-order valence-electron chi connectivity index (χ2n) is 2.58. The monoisotopic (exact) mass is 196 g/mol. The van der Waals surface area contributed by atoms with Crippen molar-refractivity contribution in [2.75, 3.05) is 0 Å². The van der Waals surface area contributed by atoms with Crippen molar-refractivity contribution in [3.05, 3.63) is 16.1 Å². The molecule has 0 saturated heterocycles. The van der Waals surface area contributed by atoms with Gasteiger partial charge < -0.3 is 5.11 Å². The van der Waals surface area contributed by atoms with Gasteiger partial charge in [-0.3, -0.25) is 4.79 Å². The fourth-order valence-corrected chi connectivity index (χ4v) is 1.72. The van der Waals surface area contributed by atoms with Crippen molar-refractivity contribution < 1.29 is 9.90 Å². The molecule has 0 aliphatic carbocycles. The molecule has 1 heterocycles. The summed E-state index contributed by atoms with van der Waals surface area (Å²) < 4.78 is 0. The summed E-state index contributed by atoms with van der Waals surface area (Å²) in [6.45, 7) is 1.81. The Hall–Kier alpha value is -1.41. The molecule has 0 saturated carbocycles. The van der Waals surface area contributed by atoms with E-state index in [2.05, 4.69) is 4.98 Å². The number of carboxylic acids is 1. The lowest BCUT2D eigenvalue weighted by Crippen LogP contribution is -2.13. The fourth-order valence-electron chi connectivity index (χ4n) is 0.896. The molecular formula is C8H8N2O2S. The molecule has 1 aromatic rings. The van der Waals surface area contributed by atoms with E-state index < -0.39 is 11.9 Å². The van der Waals surface area contributed by atoms with Gasteiger partial charge in [0.2, 0.25) is 0 Å². The molecule has 0 radical (unpaired) electrons. The highest BCUT2D eigenvalue weighted by molar-refractivity contribution is 7.09. The van der Waals surface area contributed by atoms with Gasteiger partial charge in [-0.2, -0.15) is 5.26 Å². The highest BCUT2D eigenvalue weighted by Crippen LogP contribution is 2.16. The Labute approximate surface area is 79.5 Å². The molecule has 0 spiro atoms. The third-order valence-corrected chi connectivity index (χ3v) is 2.65. The number of thiazole rings is 1. The van der Waals surface area contributed by atoms with Crippen LogP contribution in [-0.4, -0.2) is 16.1 Å². The maximum atomic E-state index is 10.5. The van der Waals surface area contributed by atoms with Crippen LogP contribution in [0.1, 0.15) is 10.6 Å². The van der Waals surface area contributed by atoms with Crippen LogP contribution in [0.2, 0.25) is 0 Å². The molecule has 0 unspecified atom stereocenters. The number of hydrogen-bond donors (Lipinski definition) is 1. The summed E-state index contributed by atoms with van der Waals surface area (Å²) in [6.07, 6.45) is 0.252. The summed E-state index contributed by atoms with van der Waals surface area (Å²) >= 11 is 1.39. The Kier molecular flexibility index (Phi) is 2.98. The number of rotatable bonds is 3. The van der Waals surface area contributed by atoms with Crippen LogP contribution in [0, 0.1) is 24.2 Å². The number of carboxylic acid groups (broad SMARTS) is 1. The fraction of sp³-hybridized carbons (Fsp3) is 0.375. The van der Waals surface area contributed by atoms with Crippen molar-refractivity contribution in [2.45, 2.75) is 13.3 Å². The van der Waals surface area contributed by atoms with E-state index in [9.17, 15) is 4.79 Å². The molecule has 5 heteroatoms. The summed E-state index contributed by atoms with van der Waals surface area (Å²) in [5, 5.41) is 17.2. The van der Waals surface area contributed by atoms with Gasteiger partial charge in [0.15, 0.2) is 0 Å². The lowest BCUT2D eigenvalue weighted by atomic mass is 10.1. The van der Waals surface area contributed by atoms with E-state index in [-0.39, 0.29) is 6.42 Å². The Morgan fingerprint density at radius 2 is 2.62 bits per heavy atom. The van der Waals surface area contributed by atoms with Gasteiger partial charge in [-0.05, 0) is 6.92 Å². The molecule has 0 aliphatic heterocycles. The minimum Gasteiger partial charge on any atom is -0.480 e. The van der Waals surface area contributed by atoms with Crippen molar-refractivity contribution in [3.63, 3.8) is 0 Å². The number of hydrogen-bond acceptors (Lipinski definition) is 4. The molecule has 1 N–H and O–H groups in total. The first-order valence-corrected chi connectivity index (χ1v) is 4.54. The minimum atomic E-state index is -1.07. The largest absolute Gasteiger partial charge is 0.480 e. The van der Waals surface area contributed by atoms with Crippen LogP contribution in [0.3, 0.4) is 0 Å². The first-order chi connectivity index (χ1) is 6.15. The Bertz CT molecular complexity index is 353. The summed E-state index contributed by atoms with van der Waals surface area (Å²) in [4.78, 5) is 15.4. The van der Waals surface area contributed by atoms with Gasteiger partial charge >= 0.3 is 5.97 Å². The first-order valence-electron chi connectivity index (χ1n) is 3.66. The van der Waals surface area contributed by atoms with E-state index in [1.807, 2.05) is 6.92 Å². The zero-order valence-electron chi connectivity index (χ0n) is 7.02. The molecular weight excluding hydrogens is 188 g/mol. The van der Waals surface area contributed by atoms with Gasteiger partial charge in [0.05, 0.1) is 17.3 Å². The van der Waals surface area contributed by atoms with Crippen LogP contribution in [-0.2, 0) is 11.2 Å². The molecule has 13 heavy (non-hydrogen) atoms. The van der Waals surface area contributed by atoms with Gasteiger partial charge in [0.25, 0.3) is 0 Å². The van der Waals surface area contributed by atoms with Crippen LogP contribution < -0.4 is 0 Å². The summed E-state index contributed by atoms with van der Waals surface area (Å²) in [5.74, 6) is -2.03. The van der Waals surface area contributed by atoms with Crippen LogP contribution in [0.15, 0.2) is 5.51 Å². The van der Waals surface area contributed by atoms with E-state index in [4.69, 9.17) is 10.4 Å². The average molecular weight is 196 g/mol. The second kappa shape index (κ2) is 4.01. The molecule has 0 aromatic carbocycles. The first kappa shape index (κ1) is 9.68. The van der Waals surface area contributed by atoms with E-state index in [1.54, 1.807) is 11.6 Å². The Balaban J connectivity index is 2.74. The summed E-state index contributed by atoms with van der Waals surface area (Å²) in [7, 11) is 0. The van der Waals surface area contributed by atoms with Crippen molar-refractivity contribution >= 4 is 17.3 Å². The Morgan fingerprint density at radius 3 is 3.00 bits per heavy atom. The van der Waals surface area contributed by atoms with Gasteiger partial charge in [-0.15, -0.1) is 11.3 Å². The van der Waals surface area contributed by atoms with Crippen molar-refractivity contribution in [1.29, 1.82) is 5.26 Å². The third kappa shape index (κ3) is 2.26. The molecule has 0 fully saturated rings. The van der Waals surface area contributed by atoms with E-state index in [1.165, 1.54) is 11.3 Å². The average Bonchev–Trinajstić information content (AvgIpc) is 2.46. The zero-order valence-corrected chi connectivity index (χ0v) is 7.84. The number of aromatic nitrogens is 1. The highest BCUT2D eigenvalue weighted by atomic mass is 32.1. The lowest BCUT2D eigenvalue weighted by Gasteiger charge is -2.00. The van der Waals surface area contributed by atoms with Crippen molar-refractivity contribution in [1.82, 2.24) is 4.98 Å². The molecule has 68 valence electrons. The maximum absolute atomic E-state index is 10.5. The second-order valence-corrected chi connectivity index (χ2v) is 3.52. The smallest absolute Gasteiger partial charge is 0.321 e. The molecule has 1 rings (SSSR count). The predicted octanol–water partition coefficient (Wildman–Crippen LogP) is 1.22. The number of aryl methyl sites for hydroxylation is 1. The normalized spacial score (nSPS) is 12.0. The van der Waals surface area contributed by atoms with Gasteiger partial charge in [0.1, 0.15) is 5.92 Å². The molecule has 4 nitrogen and oxygen atoms in total. The van der Waals surface area contributed by atoms with Crippen LogP contribution in [0.25, 0.3) is 0 Å². The third-order valence-electron chi connectivity index (χ3n) is 1.69. The van der Waals surface area contributed by atoms with E-state index >= 15 is 0 Å². The molecule has 1 atom stereocenters. The minimum absolute atomic E-state index is 0.252. The maximum Gasteiger partial charge on any atom is 0.321 e. The van der Waals surface area contributed by atoms with Crippen molar-refractivity contribution in [2.24, 2.45) is 5.92 Å². The Morgan fingerprint density at radius 1 is 1.92 bits per heavy atom. The zero-order chi connectivity index (χ0) is 9.84. The number of nitrogens with zero attached hydrogens (tertiary/aromatic N) is 2. The van der Waals surface area contributed by atoms with Crippen LogP contribution >= 0.6 is 11.3 Å². The topological polar surface area (TPSA) is 74.0 Å². The molecule has 0 amide bonds. The number of nitriles is 1. The molecule has 0 aliphatic rings. The van der Waals surface area contributed by atoms with Crippen LogP contribution in [0.5, 0.6) is 0 Å². The number of carbonyl (C=O) groups is 1. The lowest BCUT2D eigenvalue weighted by molar-refractivity contribution is -0.139. The van der Waals surface area contributed by atoms with Gasteiger partial charge in [-0.1, -0.05) is 0 Å². The quantitative estimate of drug-likeness (QED) is 0.788. The number of aliphatic carboxylic acids is 1.